The molecule has 4 rings (SSSR count). The van der Waals surface area contributed by atoms with Gasteiger partial charge in [-0.2, -0.15) is 4.68 Å². The molecule has 0 aliphatic rings. The van der Waals surface area contributed by atoms with E-state index in [1.165, 1.54) is 12.1 Å². The Morgan fingerprint density at radius 2 is 1.81 bits per heavy atom. The lowest BCUT2D eigenvalue weighted by Gasteiger charge is -2.07. The Hall–Kier alpha value is -3.61. The predicted octanol–water partition coefficient (Wildman–Crippen LogP) is 2.88. The van der Waals surface area contributed by atoms with Gasteiger partial charge in [-0.1, -0.05) is 17.3 Å². The second-order valence-corrected chi connectivity index (χ2v) is 5.70. The van der Waals surface area contributed by atoms with Crippen LogP contribution in [0.1, 0.15) is 15.9 Å². The Bertz CT molecular complexity index is 1060. The Balaban J connectivity index is 1.48. The highest BCUT2D eigenvalue weighted by Gasteiger charge is 2.09. The molecule has 0 aliphatic carbocycles. The second-order valence-electron chi connectivity index (χ2n) is 5.70. The zero-order valence-corrected chi connectivity index (χ0v) is 13.6. The van der Waals surface area contributed by atoms with Gasteiger partial charge in [0.2, 0.25) is 0 Å². The Morgan fingerprint density at radius 1 is 1.04 bits per heavy atom. The van der Waals surface area contributed by atoms with Crippen LogP contribution in [0, 0.1) is 5.82 Å². The smallest absolute Gasteiger partial charge is 0.251 e. The van der Waals surface area contributed by atoms with E-state index in [2.05, 4.69) is 20.6 Å². The molecule has 0 bridgehead atoms. The van der Waals surface area contributed by atoms with E-state index in [9.17, 15) is 9.18 Å². The SMILES string of the molecule is O=C(NCc1ccc(F)cc1)c1ccc(-n2nnc3cccnc32)cc1. The van der Waals surface area contributed by atoms with Gasteiger partial charge in [-0.3, -0.25) is 4.79 Å². The molecule has 0 saturated carbocycles. The maximum absolute atomic E-state index is 12.9. The van der Waals surface area contributed by atoms with Gasteiger partial charge in [0.05, 0.1) is 5.69 Å². The number of halogens is 1. The first kappa shape index (κ1) is 15.9. The molecule has 4 aromatic rings. The molecule has 26 heavy (non-hydrogen) atoms. The molecule has 0 fully saturated rings. The van der Waals surface area contributed by atoms with E-state index in [0.717, 1.165) is 11.3 Å². The lowest BCUT2D eigenvalue weighted by molar-refractivity contribution is 0.0951. The van der Waals surface area contributed by atoms with Crippen LogP contribution in [0.25, 0.3) is 16.9 Å². The molecule has 2 heterocycles. The van der Waals surface area contributed by atoms with E-state index in [0.29, 0.717) is 23.3 Å². The lowest BCUT2D eigenvalue weighted by Crippen LogP contribution is -2.22. The van der Waals surface area contributed by atoms with Crippen molar-refractivity contribution in [1.29, 1.82) is 0 Å². The third-order valence-corrected chi connectivity index (χ3v) is 3.95. The van der Waals surface area contributed by atoms with Crippen LogP contribution in [0.3, 0.4) is 0 Å². The maximum Gasteiger partial charge on any atom is 0.251 e. The average molecular weight is 347 g/mol. The number of amides is 1. The summed E-state index contributed by atoms with van der Waals surface area (Å²) in [5, 5.41) is 11.0. The molecule has 0 spiro atoms. The summed E-state index contributed by atoms with van der Waals surface area (Å²) in [6.07, 6.45) is 1.68. The normalized spacial score (nSPS) is 10.8. The van der Waals surface area contributed by atoms with Crippen molar-refractivity contribution in [2.75, 3.05) is 0 Å². The molecule has 2 aromatic carbocycles. The number of aromatic nitrogens is 4. The van der Waals surface area contributed by atoms with Gasteiger partial charge in [-0.25, -0.2) is 9.37 Å². The highest BCUT2D eigenvalue weighted by Crippen LogP contribution is 2.14. The zero-order chi connectivity index (χ0) is 17.9. The van der Waals surface area contributed by atoms with Crippen molar-refractivity contribution in [3.05, 3.63) is 83.8 Å². The number of pyridine rings is 1. The zero-order valence-electron chi connectivity index (χ0n) is 13.6. The molecule has 7 heteroatoms. The first-order valence-electron chi connectivity index (χ1n) is 8.00. The number of hydrogen-bond donors (Lipinski definition) is 1. The first-order chi connectivity index (χ1) is 12.7. The van der Waals surface area contributed by atoms with Crippen molar-refractivity contribution < 1.29 is 9.18 Å². The summed E-state index contributed by atoms with van der Waals surface area (Å²) < 4.78 is 14.5. The van der Waals surface area contributed by atoms with Gasteiger partial charge in [0.15, 0.2) is 5.65 Å². The lowest BCUT2D eigenvalue weighted by atomic mass is 10.1. The molecule has 6 nitrogen and oxygen atoms in total. The monoisotopic (exact) mass is 347 g/mol. The number of carbonyl (C=O) groups is 1. The fraction of sp³-hybridized carbons (Fsp3) is 0.0526. The first-order valence-corrected chi connectivity index (χ1v) is 8.00. The Kier molecular flexibility index (Phi) is 4.10. The fourth-order valence-electron chi connectivity index (χ4n) is 2.58. The number of benzene rings is 2. The maximum atomic E-state index is 12.9. The number of nitrogens with zero attached hydrogens (tertiary/aromatic N) is 4. The summed E-state index contributed by atoms with van der Waals surface area (Å²) in [5.74, 6) is -0.506. The summed E-state index contributed by atoms with van der Waals surface area (Å²) in [6, 6.07) is 16.7. The van der Waals surface area contributed by atoms with Crippen LogP contribution in [-0.4, -0.2) is 25.9 Å². The second kappa shape index (κ2) is 6.72. The minimum Gasteiger partial charge on any atom is -0.348 e. The van der Waals surface area contributed by atoms with Crippen molar-refractivity contribution >= 4 is 17.1 Å². The molecule has 0 saturated heterocycles. The Morgan fingerprint density at radius 3 is 2.58 bits per heavy atom. The fourth-order valence-corrected chi connectivity index (χ4v) is 2.58. The van der Waals surface area contributed by atoms with Crippen LogP contribution < -0.4 is 5.32 Å². The van der Waals surface area contributed by atoms with E-state index >= 15 is 0 Å². The van der Waals surface area contributed by atoms with Crippen LogP contribution in [0.5, 0.6) is 0 Å². The van der Waals surface area contributed by atoms with Gasteiger partial charge in [0.1, 0.15) is 11.3 Å². The summed E-state index contributed by atoms with van der Waals surface area (Å²) >= 11 is 0. The molecule has 0 aliphatic heterocycles. The number of nitrogens with one attached hydrogen (secondary N) is 1. The van der Waals surface area contributed by atoms with Gasteiger partial charge in [-0.05, 0) is 54.1 Å². The topological polar surface area (TPSA) is 72.7 Å². The van der Waals surface area contributed by atoms with Crippen LogP contribution in [0.4, 0.5) is 4.39 Å². The number of hydrogen-bond acceptors (Lipinski definition) is 4. The van der Waals surface area contributed by atoms with E-state index in [1.54, 1.807) is 53.3 Å². The third-order valence-electron chi connectivity index (χ3n) is 3.95. The summed E-state index contributed by atoms with van der Waals surface area (Å²) in [5.41, 5.74) is 3.47. The van der Waals surface area contributed by atoms with E-state index in [-0.39, 0.29) is 11.7 Å². The Labute approximate surface area is 148 Å². The third kappa shape index (κ3) is 3.14. The van der Waals surface area contributed by atoms with E-state index in [1.807, 2.05) is 6.07 Å². The number of rotatable bonds is 4. The van der Waals surface area contributed by atoms with Gasteiger partial charge >= 0.3 is 0 Å². The quantitative estimate of drug-likeness (QED) is 0.616. The van der Waals surface area contributed by atoms with Gasteiger partial charge < -0.3 is 5.32 Å². The molecule has 2 aromatic heterocycles. The molecule has 0 atom stereocenters. The van der Waals surface area contributed by atoms with Crippen molar-refractivity contribution in [1.82, 2.24) is 25.3 Å². The minimum atomic E-state index is -0.300. The van der Waals surface area contributed by atoms with Crippen LogP contribution in [-0.2, 0) is 6.54 Å². The van der Waals surface area contributed by atoms with Crippen molar-refractivity contribution in [2.24, 2.45) is 0 Å². The van der Waals surface area contributed by atoms with Crippen LogP contribution >= 0.6 is 0 Å². The summed E-state index contributed by atoms with van der Waals surface area (Å²) in [6.45, 7) is 0.332. The van der Waals surface area contributed by atoms with E-state index < -0.39 is 0 Å². The van der Waals surface area contributed by atoms with Gasteiger partial charge in [0.25, 0.3) is 5.91 Å². The summed E-state index contributed by atoms with van der Waals surface area (Å²) in [4.78, 5) is 16.5. The minimum absolute atomic E-state index is 0.206. The molecule has 0 radical (unpaired) electrons. The molecule has 0 unspecified atom stereocenters. The molecule has 128 valence electrons. The predicted molar refractivity (Wildman–Crippen MR) is 94.2 cm³/mol. The van der Waals surface area contributed by atoms with Crippen molar-refractivity contribution in [2.45, 2.75) is 6.54 Å². The van der Waals surface area contributed by atoms with Gasteiger partial charge in [-0.15, -0.1) is 5.10 Å². The highest BCUT2D eigenvalue weighted by molar-refractivity contribution is 5.94. The molecule has 1 amide bonds. The standard InChI is InChI=1S/C19H14FN5O/c20-15-7-3-13(4-8-15)12-22-19(26)14-5-9-16(10-6-14)25-18-17(23-24-25)2-1-11-21-18/h1-11H,12H2,(H,22,26). The number of fused-ring (bicyclic) bond motifs is 1. The van der Waals surface area contributed by atoms with Gasteiger partial charge in [0, 0.05) is 18.3 Å². The van der Waals surface area contributed by atoms with Crippen LogP contribution in [0.2, 0.25) is 0 Å². The van der Waals surface area contributed by atoms with Crippen LogP contribution in [0.15, 0.2) is 66.9 Å². The largest absolute Gasteiger partial charge is 0.348 e. The van der Waals surface area contributed by atoms with Crippen molar-refractivity contribution in [3.8, 4) is 5.69 Å². The molecule has 1 N–H and O–H groups in total. The average Bonchev–Trinajstić information content (AvgIpc) is 3.11. The van der Waals surface area contributed by atoms with Crippen molar-refractivity contribution in [3.63, 3.8) is 0 Å². The highest BCUT2D eigenvalue weighted by atomic mass is 19.1. The summed E-state index contributed by atoms with van der Waals surface area (Å²) in [7, 11) is 0. The molecular formula is C19H14FN5O. The number of carbonyl (C=O) groups excluding carboxylic acids is 1. The van der Waals surface area contributed by atoms with E-state index in [4.69, 9.17) is 0 Å². The molecular weight excluding hydrogens is 333 g/mol.